The van der Waals surface area contributed by atoms with Crippen LogP contribution in [0, 0.1) is 11.8 Å². The molecule has 1 unspecified atom stereocenters. The Bertz CT molecular complexity index is 1040. The average molecular weight is 425 g/mol. The maximum atomic E-state index is 11.3. The zero-order chi connectivity index (χ0) is 21.1. The number of anilines is 1. The highest BCUT2D eigenvalue weighted by molar-refractivity contribution is 7.22. The van der Waals surface area contributed by atoms with E-state index in [1.54, 1.807) is 6.92 Å². The average Bonchev–Trinajstić information content (AvgIpc) is 3.12. The highest BCUT2D eigenvalue weighted by Gasteiger charge is 2.18. The van der Waals surface area contributed by atoms with Crippen molar-refractivity contribution in [3.05, 3.63) is 42.0 Å². The summed E-state index contributed by atoms with van der Waals surface area (Å²) in [5, 5.41) is 9.85. The van der Waals surface area contributed by atoms with Gasteiger partial charge in [0.2, 0.25) is 0 Å². The Balaban J connectivity index is 1.65. The maximum Gasteiger partial charge on any atom is 0.306 e. The predicted octanol–water partition coefficient (Wildman–Crippen LogP) is 5.77. The van der Waals surface area contributed by atoms with Gasteiger partial charge in [-0.1, -0.05) is 49.7 Å². The minimum Gasteiger partial charge on any atom is -0.493 e. The first-order valence-corrected chi connectivity index (χ1v) is 11.5. The molecule has 0 aliphatic heterocycles. The van der Waals surface area contributed by atoms with Crippen LogP contribution in [-0.4, -0.2) is 22.7 Å². The number of aliphatic carboxylic acids is 1. The third-order valence-corrected chi connectivity index (χ3v) is 6.77. The van der Waals surface area contributed by atoms with Gasteiger partial charge in [-0.25, -0.2) is 4.98 Å². The Labute approximate surface area is 180 Å². The van der Waals surface area contributed by atoms with Gasteiger partial charge < -0.3 is 15.6 Å². The number of carboxylic acid groups (broad SMARTS) is 1. The van der Waals surface area contributed by atoms with Gasteiger partial charge in [-0.15, -0.1) is 0 Å². The van der Waals surface area contributed by atoms with Crippen LogP contribution >= 0.6 is 11.3 Å². The lowest BCUT2D eigenvalue weighted by molar-refractivity contribution is -0.141. The van der Waals surface area contributed by atoms with Crippen molar-refractivity contribution < 1.29 is 14.6 Å². The lowest BCUT2D eigenvalue weighted by Gasteiger charge is -2.23. The topological polar surface area (TPSA) is 85.4 Å². The van der Waals surface area contributed by atoms with Crippen molar-refractivity contribution >= 4 is 32.7 Å². The van der Waals surface area contributed by atoms with E-state index >= 15 is 0 Å². The van der Waals surface area contributed by atoms with Gasteiger partial charge in [0.05, 0.1) is 22.7 Å². The van der Waals surface area contributed by atoms with Crippen molar-refractivity contribution in [3.63, 3.8) is 0 Å². The number of carboxylic acids is 1. The Hall–Kier alpha value is -2.60. The summed E-state index contributed by atoms with van der Waals surface area (Å²) in [6.45, 7) is 2.47. The summed E-state index contributed by atoms with van der Waals surface area (Å²) >= 11 is 1.47. The quantitative estimate of drug-likeness (QED) is 0.503. The van der Waals surface area contributed by atoms with Crippen LogP contribution in [0.1, 0.15) is 44.6 Å². The molecule has 4 rings (SSSR count). The fourth-order valence-corrected chi connectivity index (χ4v) is 4.94. The van der Waals surface area contributed by atoms with Crippen LogP contribution in [0.15, 0.2) is 36.4 Å². The molecule has 1 fully saturated rings. The molecular weight excluding hydrogens is 396 g/mol. The molecule has 0 spiro atoms. The van der Waals surface area contributed by atoms with Gasteiger partial charge in [-0.05, 0) is 60.6 Å². The number of ether oxygens (including phenoxy) is 1. The maximum absolute atomic E-state index is 11.3. The van der Waals surface area contributed by atoms with E-state index in [-0.39, 0.29) is 0 Å². The Morgan fingerprint density at radius 3 is 2.80 bits per heavy atom. The van der Waals surface area contributed by atoms with Crippen LogP contribution < -0.4 is 10.5 Å². The van der Waals surface area contributed by atoms with Crippen molar-refractivity contribution in [2.24, 2.45) is 11.8 Å². The number of fused-ring (bicyclic) bond motifs is 1. The van der Waals surface area contributed by atoms with Crippen molar-refractivity contribution in [1.82, 2.24) is 4.98 Å². The van der Waals surface area contributed by atoms with E-state index in [1.165, 1.54) is 43.4 Å². The van der Waals surface area contributed by atoms with Gasteiger partial charge in [0.25, 0.3) is 0 Å². The molecule has 3 aromatic rings. The van der Waals surface area contributed by atoms with Gasteiger partial charge in [0.15, 0.2) is 5.13 Å². The number of hydrogen-bond acceptors (Lipinski definition) is 5. The van der Waals surface area contributed by atoms with Crippen molar-refractivity contribution in [3.8, 4) is 16.9 Å². The molecule has 1 saturated carbocycles. The van der Waals surface area contributed by atoms with Crippen LogP contribution in [0.4, 0.5) is 5.13 Å². The highest BCUT2D eigenvalue weighted by atomic mass is 32.1. The van der Waals surface area contributed by atoms with Crippen LogP contribution in [0.2, 0.25) is 0 Å². The highest BCUT2D eigenvalue weighted by Crippen LogP contribution is 2.36. The van der Waals surface area contributed by atoms with Crippen molar-refractivity contribution in [2.75, 3.05) is 12.3 Å². The van der Waals surface area contributed by atoms with E-state index < -0.39 is 11.9 Å². The minimum absolute atomic E-state index is 0.435. The fourth-order valence-electron chi connectivity index (χ4n) is 4.17. The Kier molecular flexibility index (Phi) is 6.23. The van der Waals surface area contributed by atoms with Crippen LogP contribution in [0.25, 0.3) is 21.3 Å². The summed E-state index contributed by atoms with van der Waals surface area (Å²) in [6.07, 6.45) is 6.86. The molecule has 5 nitrogen and oxygen atoms in total. The van der Waals surface area contributed by atoms with Crippen LogP contribution in [0.5, 0.6) is 5.75 Å². The van der Waals surface area contributed by atoms with E-state index in [9.17, 15) is 9.90 Å². The fraction of sp³-hybridized carbons (Fsp3) is 0.417. The van der Waals surface area contributed by atoms with Crippen LogP contribution in [-0.2, 0) is 11.2 Å². The standard InChI is InChI=1S/C24H28N2O3S/c1-15(23(27)28)11-17-7-10-21(29-14-16-5-3-2-4-6-16)19(12-17)18-8-9-20-22(13-18)30-24(25)26-20/h7-10,12-13,15-16H,2-6,11,14H2,1H3,(H2,25,26)(H,27,28). The normalized spacial score (nSPS) is 15.9. The molecule has 1 atom stereocenters. The number of rotatable bonds is 7. The van der Waals surface area contributed by atoms with Crippen molar-refractivity contribution in [2.45, 2.75) is 45.4 Å². The lowest BCUT2D eigenvalue weighted by atomic mass is 9.90. The first-order valence-electron chi connectivity index (χ1n) is 10.6. The molecular formula is C24H28N2O3S. The van der Waals surface area contributed by atoms with Gasteiger partial charge in [0, 0.05) is 5.56 Å². The van der Waals surface area contributed by atoms with E-state index in [2.05, 4.69) is 17.1 Å². The summed E-state index contributed by atoms with van der Waals surface area (Å²) < 4.78 is 7.34. The van der Waals surface area contributed by atoms with E-state index in [0.29, 0.717) is 17.5 Å². The van der Waals surface area contributed by atoms with E-state index in [0.717, 1.165) is 39.3 Å². The SMILES string of the molecule is CC(Cc1ccc(OCC2CCCCC2)c(-c2ccc3nc(N)sc3c2)c1)C(=O)O. The second-order valence-corrected chi connectivity index (χ2v) is 9.39. The summed E-state index contributed by atoms with van der Waals surface area (Å²) in [5.74, 6) is 0.248. The molecule has 1 heterocycles. The molecule has 158 valence electrons. The van der Waals surface area contributed by atoms with Gasteiger partial charge in [0.1, 0.15) is 5.75 Å². The molecule has 1 aliphatic rings. The monoisotopic (exact) mass is 424 g/mol. The molecule has 30 heavy (non-hydrogen) atoms. The summed E-state index contributed by atoms with van der Waals surface area (Å²) in [4.78, 5) is 15.7. The van der Waals surface area contributed by atoms with Gasteiger partial charge >= 0.3 is 5.97 Å². The smallest absolute Gasteiger partial charge is 0.306 e. The van der Waals surface area contributed by atoms with E-state index in [4.69, 9.17) is 10.5 Å². The zero-order valence-electron chi connectivity index (χ0n) is 17.3. The zero-order valence-corrected chi connectivity index (χ0v) is 18.1. The third-order valence-electron chi connectivity index (χ3n) is 5.92. The second-order valence-electron chi connectivity index (χ2n) is 8.32. The molecule has 2 aromatic carbocycles. The molecule has 0 bridgehead atoms. The lowest BCUT2D eigenvalue weighted by Crippen LogP contribution is -2.15. The summed E-state index contributed by atoms with van der Waals surface area (Å²) in [7, 11) is 0. The molecule has 1 aromatic heterocycles. The van der Waals surface area contributed by atoms with Gasteiger partial charge in [-0.2, -0.15) is 0 Å². The number of nitrogens with two attached hydrogens (primary N) is 1. The largest absolute Gasteiger partial charge is 0.493 e. The number of aromatic nitrogens is 1. The second kappa shape index (κ2) is 9.04. The number of hydrogen-bond donors (Lipinski definition) is 2. The number of nitrogen functional groups attached to an aromatic ring is 1. The molecule has 0 saturated heterocycles. The number of carbonyl (C=O) groups is 1. The van der Waals surface area contributed by atoms with Gasteiger partial charge in [-0.3, -0.25) is 4.79 Å². The molecule has 0 amide bonds. The first-order chi connectivity index (χ1) is 14.5. The number of thiazole rings is 1. The molecule has 1 aliphatic carbocycles. The first kappa shape index (κ1) is 20.7. The summed E-state index contributed by atoms with van der Waals surface area (Å²) in [5.41, 5.74) is 9.79. The molecule has 3 N–H and O–H groups in total. The number of nitrogens with zero attached hydrogens (tertiary/aromatic N) is 1. The number of benzene rings is 2. The molecule has 6 heteroatoms. The van der Waals surface area contributed by atoms with Crippen LogP contribution in [0.3, 0.4) is 0 Å². The Morgan fingerprint density at radius 2 is 2.03 bits per heavy atom. The minimum atomic E-state index is -0.782. The predicted molar refractivity (Wildman–Crippen MR) is 122 cm³/mol. The molecule has 0 radical (unpaired) electrons. The van der Waals surface area contributed by atoms with Crippen molar-refractivity contribution in [1.29, 1.82) is 0 Å². The summed E-state index contributed by atoms with van der Waals surface area (Å²) in [6, 6.07) is 12.2. The van der Waals surface area contributed by atoms with E-state index in [1.807, 2.05) is 24.3 Å². The third kappa shape index (κ3) is 4.75. The Morgan fingerprint density at radius 1 is 1.23 bits per heavy atom.